The Kier molecular flexibility index (Phi) is 3.19. The van der Waals surface area contributed by atoms with Gasteiger partial charge in [-0.25, -0.2) is 4.98 Å². The Balaban J connectivity index is 2.37. The number of aromatic amines is 1. The number of ketones is 1. The highest BCUT2D eigenvalue weighted by Gasteiger charge is 2.11. The number of nitrogens with zero attached hydrogens (tertiary/aromatic N) is 2. The lowest BCUT2D eigenvalue weighted by atomic mass is 10.2. The van der Waals surface area contributed by atoms with Crippen molar-refractivity contribution in [3.63, 3.8) is 0 Å². The number of benzene rings is 1. The molecular weight excluding hydrogens is 226 g/mol. The monoisotopic (exact) mass is 243 g/mol. The topological polar surface area (TPSA) is 49.0 Å². The molecule has 1 aromatic heterocycles. The second-order valence-corrected chi connectivity index (χ2v) is 4.56. The van der Waals surface area contributed by atoms with E-state index in [9.17, 15) is 4.79 Å². The van der Waals surface area contributed by atoms with Gasteiger partial charge in [0.25, 0.3) is 0 Å². The van der Waals surface area contributed by atoms with E-state index in [0.717, 1.165) is 22.8 Å². The summed E-state index contributed by atoms with van der Waals surface area (Å²) in [5.41, 5.74) is 3.45. The molecule has 0 aliphatic rings. The molecule has 0 atom stereocenters. The number of carbonyl (C=O) groups is 1. The van der Waals surface area contributed by atoms with Gasteiger partial charge < -0.3 is 9.88 Å². The Morgan fingerprint density at radius 3 is 2.28 bits per heavy atom. The molecule has 0 bridgehead atoms. The van der Waals surface area contributed by atoms with Crippen molar-refractivity contribution >= 4 is 11.5 Å². The van der Waals surface area contributed by atoms with Crippen molar-refractivity contribution in [2.75, 3.05) is 19.0 Å². The molecule has 0 saturated carbocycles. The summed E-state index contributed by atoms with van der Waals surface area (Å²) < 4.78 is 0. The van der Waals surface area contributed by atoms with Crippen LogP contribution in [0.3, 0.4) is 0 Å². The largest absolute Gasteiger partial charge is 0.378 e. The Hall–Kier alpha value is -2.10. The first-order valence-electron chi connectivity index (χ1n) is 5.84. The summed E-state index contributed by atoms with van der Waals surface area (Å²) in [7, 11) is 4.00. The van der Waals surface area contributed by atoms with Crippen LogP contribution in [0.4, 0.5) is 5.69 Å². The Morgan fingerprint density at radius 2 is 1.83 bits per heavy atom. The van der Waals surface area contributed by atoms with Gasteiger partial charge in [0.05, 0.1) is 0 Å². The summed E-state index contributed by atoms with van der Waals surface area (Å²) in [6.45, 7) is 3.39. The van der Waals surface area contributed by atoms with E-state index in [1.165, 1.54) is 6.92 Å². The van der Waals surface area contributed by atoms with Crippen LogP contribution in [0.15, 0.2) is 24.3 Å². The van der Waals surface area contributed by atoms with E-state index in [1.807, 2.05) is 50.2 Å². The quantitative estimate of drug-likeness (QED) is 0.843. The summed E-state index contributed by atoms with van der Waals surface area (Å²) in [6, 6.07) is 8.05. The molecule has 1 N–H and O–H groups in total. The lowest BCUT2D eigenvalue weighted by Gasteiger charge is -2.12. The average Bonchev–Trinajstić information content (AvgIpc) is 2.71. The van der Waals surface area contributed by atoms with Crippen molar-refractivity contribution in [1.29, 1.82) is 0 Å². The average molecular weight is 243 g/mol. The molecule has 0 saturated heterocycles. The number of hydrogen-bond acceptors (Lipinski definition) is 3. The van der Waals surface area contributed by atoms with Crippen LogP contribution in [0.2, 0.25) is 0 Å². The van der Waals surface area contributed by atoms with Crippen molar-refractivity contribution < 1.29 is 4.79 Å². The van der Waals surface area contributed by atoms with E-state index in [1.54, 1.807) is 0 Å². The Morgan fingerprint density at radius 1 is 1.22 bits per heavy atom. The molecule has 1 aromatic carbocycles. The number of H-pyrrole nitrogens is 1. The molecular formula is C14H17N3O. The first kappa shape index (κ1) is 12.4. The van der Waals surface area contributed by atoms with Crippen LogP contribution in [0.5, 0.6) is 0 Å². The highest BCUT2D eigenvalue weighted by Crippen LogP contribution is 2.21. The van der Waals surface area contributed by atoms with Gasteiger partial charge in [-0.3, -0.25) is 4.79 Å². The smallest absolute Gasteiger partial charge is 0.179 e. The predicted octanol–water partition coefficient (Wildman–Crippen LogP) is 2.65. The molecule has 2 aromatic rings. The summed E-state index contributed by atoms with van der Waals surface area (Å²) >= 11 is 0. The van der Waals surface area contributed by atoms with Gasteiger partial charge in [-0.2, -0.15) is 0 Å². The van der Waals surface area contributed by atoms with E-state index in [2.05, 4.69) is 9.97 Å². The number of rotatable bonds is 3. The molecule has 0 radical (unpaired) electrons. The molecule has 0 spiro atoms. The molecule has 0 fully saturated rings. The van der Waals surface area contributed by atoms with Crippen molar-refractivity contribution in [3.8, 4) is 11.4 Å². The van der Waals surface area contributed by atoms with E-state index in [0.29, 0.717) is 5.69 Å². The van der Waals surface area contributed by atoms with Gasteiger partial charge in [-0.15, -0.1) is 0 Å². The highest BCUT2D eigenvalue weighted by molar-refractivity contribution is 5.93. The Bertz CT molecular complexity index is 567. The summed E-state index contributed by atoms with van der Waals surface area (Å²) in [4.78, 5) is 20.9. The third kappa shape index (κ3) is 2.27. The SMILES string of the molecule is CC(=O)c1nc(-c2ccc(N(C)C)cc2)[nH]c1C. The number of carbonyl (C=O) groups excluding carboxylic acids is 1. The fourth-order valence-electron chi connectivity index (χ4n) is 1.86. The number of hydrogen-bond donors (Lipinski definition) is 1. The minimum Gasteiger partial charge on any atom is -0.378 e. The lowest BCUT2D eigenvalue weighted by molar-refractivity contribution is 0.101. The minimum absolute atomic E-state index is 0.0140. The molecule has 4 heteroatoms. The molecule has 0 aliphatic carbocycles. The second kappa shape index (κ2) is 4.64. The first-order chi connectivity index (χ1) is 8.49. The van der Waals surface area contributed by atoms with E-state index >= 15 is 0 Å². The van der Waals surface area contributed by atoms with Gasteiger partial charge in [0.15, 0.2) is 5.78 Å². The van der Waals surface area contributed by atoms with Crippen LogP contribution in [0.1, 0.15) is 23.1 Å². The molecule has 0 unspecified atom stereocenters. The van der Waals surface area contributed by atoms with Gasteiger partial charge >= 0.3 is 0 Å². The number of Topliss-reactive ketones (excluding diaryl/α,β-unsaturated/α-hetero) is 1. The maximum Gasteiger partial charge on any atom is 0.179 e. The highest BCUT2D eigenvalue weighted by atomic mass is 16.1. The van der Waals surface area contributed by atoms with Crippen LogP contribution >= 0.6 is 0 Å². The number of nitrogens with one attached hydrogen (secondary N) is 1. The minimum atomic E-state index is -0.0140. The third-order valence-electron chi connectivity index (χ3n) is 2.88. The van der Waals surface area contributed by atoms with E-state index < -0.39 is 0 Å². The zero-order chi connectivity index (χ0) is 13.3. The van der Waals surface area contributed by atoms with E-state index in [4.69, 9.17) is 0 Å². The molecule has 0 amide bonds. The Labute approximate surface area is 107 Å². The maximum absolute atomic E-state index is 11.4. The van der Waals surface area contributed by atoms with Gasteiger partial charge in [-0.05, 0) is 31.2 Å². The lowest BCUT2D eigenvalue weighted by Crippen LogP contribution is -2.07. The maximum atomic E-state index is 11.4. The normalized spacial score (nSPS) is 10.4. The number of aryl methyl sites for hydroxylation is 1. The number of imidazole rings is 1. The summed E-state index contributed by atoms with van der Waals surface area (Å²) in [5, 5.41) is 0. The molecule has 94 valence electrons. The molecule has 18 heavy (non-hydrogen) atoms. The fraction of sp³-hybridized carbons (Fsp3) is 0.286. The van der Waals surface area contributed by atoms with Crippen LogP contribution in [0.25, 0.3) is 11.4 Å². The van der Waals surface area contributed by atoms with Crippen molar-refractivity contribution in [2.24, 2.45) is 0 Å². The first-order valence-corrected chi connectivity index (χ1v) is 5.84. The zero-order valence-corrected chi connectivity index (χ0v) is 11.1. The third-order valence-corrected chi connectivity index (χ3v) is 2.88. The number of aromatic nitrogens is 2. The standard InChI is InChI=1S/C14H17N3O/c1-9-13(10(2)18)16-14(15-9)11-5-7-12(8-6-11)17(3)4/h5-8H,1-4H3,(H,15,16). The zero-order valence-electron chi connectivity index (χ0n) is 11.1. The second-order valence-electron chi connectivity index (χ2n) is 4.56. The molecule has 1 heterocycles. The van der Waals surface area contributed by atoms with Crippen molar-refractivity contribution in [2.45, 2.75) is 13.8 Å². The van der Waals surface area contributed by atoms with Crippen molar-refractivity contribution in [1.82, 2.24) is 9.97 Å². The summed E-state index contributed by atoms with van der Waals surface area (Å²) in [6.07, 6.45) is 0. The molecule has 4 nitrogen and oxygen atoms in total. The van der Waals surface area contributed by atoms with Crippen LogP contribution in [0, 0.1) is 6.92 Å². The van der Waals surface area contributed by atoms with Crippen molar-refractivity contribution in [3.05, 3.63) is 35.7 Å². The molecule has 2 rings (SSSR count). The predicted molar refractivity (Wildman–Crippen MR) is 73.1 cm³/mol. The van der Waals surface area contributed by atoms with Crippen LogP contribution < -0.4 is 4.90 Å². The van der Waals surface area contributed by atoms with Gasteiger partial charge in [0.1, 0.15) is 11.5 Å². The van der Waals surface area contributed by atoms with Crippen LogP contribution in [-0.2, 0) is 0 Å². The van der Waals surface area contributed by atoms with Gasteiger partial charge in [-0.1, -0.05) is 0 Å². The summed E-state index contributed by atoms with van der Waals surface area (Å²) in [5.74, 6) is 0.725. The van der Waals surface area contributed by atoms with Gasteiger partial charge in [0, 0.05) is 38.0 Å². The van der Waals surface area contributed by atoms with E-state index in [-0.39, 0.29) is 5.78 Å². The fourth-order valence-corrected chi connectivity index (χ4v) is 1.86. The van der Waals surface area contributed by atoms with Gasteiger partial charge in [0.2, 0.25) is 0 Å². The van der Waals surface area contributed by atoms with Crippen LogP contribution in [-0.4, -0.2) is 29.8 Å². The number of anilines is 1. The molecule has 0 aliphatic heterocycles.